The number of pyridine rings is 1. The second kappa shape index (κ2) is 11.3. The number of amides is 1. The van der Waals surface area contributed by atoms with Gasteiger partial charge >= 0.3 is 0 Å². The predicted octanol–water partition coefficient (Wildman–Crippen LogP) is 3.22. The second-order valence-electron chi connectivity index (χ2n) is 8.08. The highest BCUT2D eigenvalue weighted by Crippen LogP contribution is 2.28. The Morgan fingerprint density at radius 3 is 1.94 bits per heavy atom. The van der Waals surface area contributed by atoms with Gasteiger partial charge in [-0.25, -0.2) is 8.42 Å². The largest absolute Gasteiger partial charge is 0.351 e. The molecule has 34 heavy (non-hydrogen) atoms. The summed E-state index contributed by atoms with van der Waals surface area (Å²) in [5, 5.41) is 3.00. The SMILES string of the molecule is CCN(CC)S(=O)(=O)c1ccc(=O)n(CC(=O)NC(C)C(c2ccccc2)c2ccccc2)c1. The zero-order valence-electron chi connectivity index (χ0n) is 19.7. The maximum Gasteiger partial charge on any atom is 0.251 e. The lowest BCUT2D eigenvalue weighted by Crippen LogP contribution is -2.41. The van der Waals surface area contributed by atoms with Crippen LogP contribution in [0.5, 0.6) is 0 Å². The molecule has 0 aliphatic rings. The van der Waals surface area contributed by atoms with Gasteiger partial charge < -0.3 is 9.88 Å². The molecule has 0 aliphatic heterocycles. The molecule has 180 valence electrons. The number of hydrogen-bond donors (Lipinski definition) is 1. The first-order valence-corrected chi connectivity index (χ1v) is 12.8. The first kappa shape index (κ1) is 25.4. The fraction of sp³-hybridized carbons (Fsp3) is 0.308. The van der Waals surface area contributed by atoms with Crippen LogP contribution in [0.3, 0.4) is 0 Å². The minimum absolute atomic E-state index is 0.0110. The third-order valence-corrected chi connectivity index (χ3v) is 7.85. The van der Waals surface area contributed by atoms with Gasteiger partial charge in [-0.2, -0.15) is 4.31 Å². The van der Waals surface area contributed by atoms with Crippen LogP contribution in [0.15, 0.2) is 88.7 Å². The Kier molecular flexibility index (Phi) is 8.41. The molecule has 1 unspecified atom stereocenters. The molecule has 0 fully saturated rings. The minimum Gasteiger partial charge on any atom is -0.351 e. The lowest BCUT2D eigenvalue weighted by Gasteiger charge is -2.26. The van der Waals surface area contributed by atoms with E-state index in [1.807, 2.05) is 67.6 Å². The van der Waals surface area contributed by atoms with Crippen LogP contribution in [-0.2, 0) is 21.4 Å². The van der Waals surface area contributed by atoms with Crippen LogP contribution >= 0.6 is 0 Å². The van der Waals surface area contributed by atoms with Crippen molar-refractivity contribution in [2.24, 2.45) is 0 Å². The molecule has 2 aromatic carbocycles. The van der Waals surface area contributed by atoms with E-state index in [1.165, 1.54) is 22.6 Å². The summed E-state index contributed by atoms with van der Waals surface area (Å²) < 4.78 is 28.1. The van der Waals surface area contributed by atoms with E-state index in [2.05, 4.69) is 5.32 Å². The molecule has 8 heteroatoms. The highest BCUT2D eigenvalue weighted by atomic mass is 32.2. The van der Waals surface area contributed by atoms with E-state index in [4.69, 9.17) is 0 Å². The number of hydrogen-bond acceptors (Lipinski definition) is 4. The van der Waals surface area contributed by atoms with E-state index in [0.717, 1.165) is 15.7 Å². The molecule has 0 aliphatic carbocycles. The van der Waals surface area contributed by atoms with Gasteiger partial charge in [0.25, 0.3) is 5.56 Å². The van der Waals surface area contributed by atoms with Crippen LogP contribution in [0.1, 0.15) is 37.8 Å². The Morgan fingerprint density at radius 2 is 1.44 bits per heavy atom. The molecule has 1 atom stereocenters. The molecule has 0 saturated heterocycles. The maximum absolute atomic E-state index is 12.9. The summed E-state index contributed by atoms with van der Waals surface area (Å²) in [5.41, 5.74) is 1.68. The van der Waals surface area contributed by atoms with E-state index in [9.17, 15) is 18.0 Å². The molecule has 7 nitrogen and oxygen atoms in total. The molecule has 1 amide bonds. The van der Waals surface area contributed by atoms with Gasteiger partial charge in [-0.3, -0.25) is 9.59 Å². The number of carbonyl (C=O) groups excluding carboxylic acids is 1. The van der Waals surface area contributed by atoms with Gasteiger partial charge in [0, 0.05) is 37.3 Å². The van der Waals surface area contributed by atoms with Crippen molar-refractivity contribution in [3.05, 3.63) is 100 Å². The Labute approximate surface area is 201 Å². The molecule has 3 aromatic rings. The van der Waals surface area contributed by atoms with Crippen molar-refractivity contribution in [2.45, 2.75) is 44.2 Å². The lowest BCUT2D eigenvalue weighted by atomic mass is 9.86. The third-order valence-electron chi connectivity index (χ3n) is 5.82. The van der Waals surface area contributed by atoms with E-state index in [1.54, 1.807) is 13.8 Å². The van der Waals surface area contributed by atoms with Gasteiger partial charge in [0.1, 0.15) is 6.54 Å². The molecular weight excluding hydrogens is 450 g/mol. The fourth-order valence-corrected chi connectivity index (χ4v) is 5.60. The van der Waals surface area contributed by atoms with Crippen molar-refractivity contribution in [3.63, 3.8) is 0 Å². The second-order valence-corrected chi connectivity index (χ2v) is 10.0. The number of aromatic nitrogens is 1. The van der Waals surface area contributed by atoms with E-state index < -0.39 is 15.6 Å². The summed E-state index contributed by atoms with van der Waals surface area (Å²) in [7, 11) is -3.74. The Bertz CT molecular complexity index is 1210. The standard InChI is InChI=1S/C26H31N3O4S/c1-4-29(5-2)34(32,33)23-16-17-25(31)28(18-23)19-24(30)27-20(3)26(21-12-8-6-9-13-21)22-14-10-7-11-15-22/h6-18,20,26H,4-5,19H2,1-3H3,(H,27,30). The molecule has 1 heterocycles. The number of sulfonamides is 1. The number of nitrogens with one attached hydrogen (secondary N) is 1. The molecule has 3 rings (SSSR count). The highest BCUT2D eigenvalue weighted by molar-refractivity contribution is 7.89. The summed E-state index contributed by atoms with van der Waals surface area (Å²) in [6.07, 6.45) is 1.24. The van der Waals surface area contributed by atoms with Gasteiger partial charge in [-0.1, -0.05) is 74.5 Å². The third kappa shape index (κ3) is 5.81. The van der Waals surface area contributed by atoms with E-state index in [-0.39, 0.29) is 29.3 Å². The van der Waals surface area contributed by atoms with Crippen molar-refractivity contribution >= 4 is 15.9 Å². The first-order chi connectivity index (χ1) is 16.3. The summed E-state index contributed by atoms with van der Waals surface area (Å²) in [5.74, 6) is -0.457. The number of rotatable bonds is 10. The van der Waals surface area contributed by atoms with Gasteiger partial charge in [0.15, 0.2) is 0 Å². The number of nitrogens with zero attached hydrogens (tertiary/aromatic N) is 2. The van der Waals surface area contributed by atoms with E-state index >= 15 is 0 Å². The van der Waals surface area contributed by atoms with Crippen molar-refractivity contribution in [1.82, 2.24) is 14.2 Å². The molecule has 0 saturated carbocycles. The Morgan fingerprint density at radius 1 is 0.912 bits per heavy atom. The predicted molar refractivity (Wildman–Crippen MR) is 133 cm³/mol. The smallest absolute Gasteiger partial charge is 0.251 e. The molecular formula is C26H31N3O4S. The lowest BCUT2D eigenvalue weighted by molar-refractivity contribution is -0.122. The van der Waals surface area contributed by atoms with Gasteiger partial charge in [0.05, 0.1) is 4.90 Å². The average molecular weight is 482 g/mol. The zero-order chi connectivity index (χ0) is 24.7. The van der Waals surface area contributed by atoms with Gasteiger partial charge in [0.2, 0.25) is 15.9 Å². The molecule has 0 spiro atoms. The Hall–Kier alpha value is -3.23. The molecule has 0 bridgehead atoms. The highest BCUT2D eigenvalue weighted by Gasteiger charge is 2.25. The first-order valence-electron chi connectivity index (χ1n) is 11.4. The number of carbonyl (C=O) groups is 1. The fourth-order valence-electron chi connectivity index (χ4n) is 4.13. The van der Waals surface area contributed by atoms with Crippen LogP contribution in [0.25, 0.3) is 0 Å². The maximum atomic E-state index is 12.9. The minimum atomic E-state index is -3.74. The van der Waals surface area contributed by atoms with Crippen molar-refractivity contribution in [3.8, 4) is 0 Å². The van der Waals surface area contributed by atoms with Gasteiger partial charge in [-0.05, 0) is 24.1 Å². The molecule has 1 aromatic heterocycles. The van der Waals surface area contributed by atoms with E-state index in [0.29, 0.717) is 13.1 Å². The van der Waals surface area contributed by atoms with Crippen molar-refractivity contribution in [1.29, 1.82) is 0 Å². The molecule has 0 radical (unpaired) electrons. The zero-order valence-corrected chi connectivity index (χ0v) is 20.5. The van der Waals surface area contributed by atoms with Crippen molar-refractivity contribution < 1.29 is 13.2 Å². The summed E-state index contributed by atoms with van der Waals surface area (Å²) in [4.78, 5) is 25.3. The molecule has 1 N–H and O–H groups in total. The average Bonchev–Trinajstić information content (AvgIpc) is 2.82. The van der Waals surface area contributed by atoms with Crippen LogP contribution in [0, 0.1) is 0 Å². The summed E-state index contributed by atoms with van der Waals surface area (Å²) in [6.45, 7) is 5.78. The quantitative estimate of drug-likeness (QED) is 0.482. The van der Waals surface area contributed by atoms with Gasteiger partial charge in [-0.15, -0.1) is 0 Å². The summed E-state index contributed by atoms with van der Waals surface area (Å²) in [6, 6.07) is 22.0. The van der Waals surface area contributed by atoms with Crippen LogP contribution in [-0.4, -0.2) is 42.3 Å². The van der Waals surface area contributed by atoms with Crippen LogP contribution in [0.2, 0.25) is 0 Å². The normalized spacial score (nSPS) is 12.6. The van der Waals surface area contributed by atoms with Crippen molar-refractivity contribution in [2.75, 3.05) is 13.1 Å². The monoisotopic (exact) mass is 481 g/mol. The van der Waals surface area contributed by atoms with Crippen LogP contribution in [0.4, 0.5) is 0 Å². The van der Waals surface area contributed by atoms with Crippen LogP contribution < -0.4 is 10.9 Å². The Balaban J connectivity index is 1.83. The summed E-state index contributed by atoms with van der Waals surface area (Å²) >= 11 is 0. The number of benzene rings is 2. The topological polar surface area (TPSA) is 88.5 Å².